The normalized spacial score (nSPS) is 23.5. The average molecular weight is 445 g/mol. The zero-order valence-electron chi connectivity index (χ0n) is 16.7. The minimum atomic E-state index is -3.09. The molecule has 1 amide bonds. The van der Waals surface area contributed by atoms with E-state index in [0.717, 1.165) is 18.5 Å². The lowest BCUT2D eigenvalue weighted by Gasteiger charge is -2.24. The van der Waals surface area contributed by atoms with Crippen LogP contribution in [0.1, 0.15) is 18.4 Å². The van der Waals surface area contributed by atoms with Gasteiger partial charge in [0.1, 0.15) is 5.75 Å². The van der Waals surface area contributed by atoms with Crippen molar-refractivity contribution in [2.75, 3.05) is 23.5 Å². The highest BCUT2D eigenvalue weighted by Crippen LogP contribution is 2.41. The number of ether oxygens (including phenoxy) is 1. The van der Waals surface area contributed by atoms with Crippen molar-refractivity contribution in [2.45, 2.75) is 30.6 Å². The highest BCUT2D eigenvalue weighted by Gasteiger charge is 2.49. The van der Waals surface area contributed by atoms with E-state index < -0.39 is 9.84 Å². The van der Waals surface area contributed by atoms with E-state index in [4.69, 9.17) is 4.74 Å². The van der Waals surface area contributed by atoms with Crippen LogP contribution in [0, 0.1) is 0 Å². The number of rotatable bonds is 6. The second-order valence-electron chi connectivity index (χ2n) is 7.50. The second-order valence-corrected chi connectivity index (χ2v) is 10.9. The number of aliphatic imine (C=N–C) groups is 1. The first-order valence-electron chi connectivity index (χ1n) is 9.91. The number of thioether (sulfide) groups is 1. The van der Waals surface area contributed by atoms with E-state index in [-0.39, 0.29) is 28.7 Å². The van der Waals surface area contributed by atoms with Crippen molar-refractivity contribution < 1.29 is 17.9 Å². The van der Waals surface area contributed by atoms with Crippen LogP contribution in [-0.2, 0) is 21.1 Å². The molecule has 2 heterocycles. The molecule has 0 aromatic heterocycles. The molecule has 2 aromatic carbocycles. The Balaban J connectivity index is 1.52. The van der Waals surface area contributed by atoms with E-state index in [1.807, 2.05) is 47.4 Å². The number of nitrogens with zero attached hydrogens (tertiary/aromatic N) is 2. The molecular weight excluding hydrogens is 420 g/mol. The van der Waals surface area contributed by atoms with Crippen molar-refractivity contribution in [3.63, 3.8) is 0 Å². The van der Waals surface area contributed by atoms with Crippen LogP contribution in [0.2, 0.25) is 0 Å². The number of amidine groups is 1. The summed E-state index contributed by atoms with van der Waals surface area (Å²) in [6.07, 6.45) is 1.91. The second kappa shape index (κ2) is 8.81. The molecule has 2 aliphatic rings. The molecule has 0 saturated carbocycles. The van der Waals surface area contributed by atoms with Gasteiger partial charge in [0.25, 0.3) is 0 Å². The van der Waals surface area contributed by atoms with Crippen LogP contribution in [-0.4, -0.2) is 49.4 Å². The summed E-state index contributed by atoms with van der Waals surface area (Å²) in [6, 6.07) is 17.3. The number of carbonyl (C=O) groups excluding carboxylic acids is 1. The van der Waals surface area contributed by atoms with Crippen LogP contribution in [0.15, 0.2) is 59.6 Å². The Labute approximate surface area is 181 Å². The number of hydrogen-bond acceptors (Lipinski definition) is 5. The van der Waals surface area contributed by atoms with E-state index in [1.165, 1.54) is 17.3 Å². The lowest BCUT2D eigenvalue weighted by molar-refractivity contribution is -0.117. The zero-order chi connectivity index (χ0) is 21.1. The molecular formula is C22H24N2O4S2. The molecule has 30 heavy (non-hydrogen) atoms. The highest BCUT2D eigenvalue weighted by atomic mass is 32.2. The van der Waals surface area contributed by atoms with Crippen LogP contribution in [0.5, 0.6) is 5.75 Å². The van der Waals surface area contributed by atoms with Gasteiger partial charge in [-0.3, -0.25) is 4.79 Å². The van der Waals surface area contributed by atoms with E-state index in [9.17, 15) is 13.2 Å². The Kier molecular flexibility index (Phi) is 6.15. The van der Waals surface area contributed by atoms with Crippen molar-refractivity contribution in [1.29, 1.82) is 0 Å². The Morgan fingerprint density at radius 2 is 1.97 bits per heavy atom. The molecule has 2 unspecified atom stereocenters. The molecule has 0 spiro atoms. The molecule has 2 aromatic rings. The highest BCUT2D eigenvalue weighted by molar-refractivity contribution is 8.16. The third kappa shape index (κ3) is 4.70. The smallest absolute Gasteiger partial charge is 0.248 e. The molecule has 2 atom stereocenters. The number of carbonyl (C=O) groups is 1. The van der Waals surface area contributed by atoms with Crippen LogP contribution in [0.3, 0.4) is 0 Å². The SMILES string of the molecule is COc1cccc(N2C(=NC(=O)CCCc3ccccc3)SC3CS(=O)(=O)CC32)c1. The summed E-state index contributed by atoms with van der Waals surface area (Å²) >= 11 is 1.39. The summed E-state index contributed by atoms with van der Waals surface area (Å²) in [6.45, 7) is 0. The molecule has 2 aliphatic heterocycles. The van der Waals surface area contributed by atoms with Crippen LogP contribution >= 0.6 is 11.8 Å². The van der Waals surface area contributed by atoms with Crippen molar-refractivity contribution in [3.05, 3.63) is 60.2 Å². The van der Waals surface area contributed by atoms with E-state index in [1.54, 1.807) is 7.11 Å². The van der Waals surface area contributed by atoms with Crippen molar-refractivity contribution in [3.8, 4) is 5.75 Å². The molecule has 8 heteroatoms. The van der Waals surface area contributed by atoms with E-state index >= 15 is 0 Å². The Hall–Kier alpha value is -2.32. The Bertz CT molecular complexity index is 1050. The summed E-state index contributed by atoms with van der Waals surface area (Å²) in [7, 11) is -1.50. The number of fused-ring (bicyclic) bond motifs is 1. The third-order valence-electron chi connectivity index (χ3n) is 5.32. The summed E-state index contributed by atoms with van der Waals surface area (Å²) in [5.74, 6) is 0.687. The van der Waals surface area contributed by atoms with Crippen molar-refractivity contribution in [1.82, 2.24) is 0 Å². The Morgan fingerprint density at radius 1 is 1.17 bits per heavy atom. The maximum absolute atomic E-state index is 12.6. The van der Waals surface area contributed by atoms with Gasteiger partial charge in [0.2, 0.25) is 5.91 Å². The molecule has 2 saturated heterocycles. The minimum absolute atomic E-state index is 0.0725. The number of hydrogen-bond donors (Lipinski definition) is 0. The molecule has 2 fully saturated rings. The van der Waals surface area contributed by atoms with Crippen molar-refractivity contribution >= 4 is 38.4 Å². The summed E-state index contributed by atoms with van der Waals surface area (Å²) in [4.78, 5) is 18.8. The molecule has 0 N–H and O–H groups in total. The maximum Gasteiger partial charge on any atom is 0.248 e. The molecule has 0 aliphatic carbocycles. The average Bonchev–Trinajstić information content (AvgIpc) is 3.19. The number of amides is 1. The van der Waals surface area contributed by atoms with Gasteiger partial charge in [-0.1, -0.05) is 48.2 Å². The largest absolute Gasteiger partial charge is 0.497 e. The lowest BCUT2D eigenvalue weighted by Crippen LogP contribution is -2.37. The summed E-state index contributed by atoms with van der Waals surface area (Å²) in [5.41, 5.74) is 1.99. The lowest BCUT2D eigenvalue weighted by atomic mass is 10.1. The number of anilines is 1. The predicted octanol–water partition coefficient (Wildman–Crippen LogP) is 3.32. The fourth-order valence-corrected chi connectivity index (χ4v) is 7.81. The standard InChI is InChI=1S/C22H24N2O4S2/c1-28-18-11-6-10-17(13-18)24-19-14-30(26,27)15-20(19)29-22(24)23-21(25)12-5-9-16-7-3-2-4-8-16/h2-4,6-8,10-11,13,19-20H,5,9,12,14-15H2,1H3. The molecule has 158 valence electrons. The first-order valence-corrected chi connectivity index (χ1v) is 12.6. The van der Waals surface area contributed by atoms with Gasteiger partial charge >= 0.3 is 0 Å². The van der Waals surface area contributed by atoms with Gasteiger partial charge in [0.05, 0.1) is 24.7 Å². The fourth-order valence-electron chi connectivity index (χ4n) is 3.88. The first-order chi connectivity index (χ1) is 14.4. The van der Waals surface area contributed by atoms with Gasteiger partial charge < -0.3 is 9.64 Å². The minimum Gasteiger partial charge on any atom is -0.497 e. The van der Waals surface area contributed by atoms with E-state index in [0.29, 0.717) is 17.3 Å². The van der Waals surface area contributed by atoms with Gasteiger partial charge in [-0.15, -0.1) is 0 Å². The number of aryl methyl sites for hydroxylation is 1. The molecule has 0 radical (unpaired) electrons. The maximum atomic E-state index is 12.6. The van der Waals surface area contributed by atoms with Crippen LogP contribution in [0.25, 0.3) is 0 Å². The quantitative estimate of drug-likeness (QED) is 0.680. The van der Waals surface area contributed by atoms with Gasteiger partial charge in [0.15, 0.2) is 15.0 Å². The van der Waals surface area contributed by atoms with E-state index in [2.05, 4.69) is 17.1 Å². The molecule has 6 nitrogen and oxygen atoms in total. The number of methoxy groups -OCH3 is 1. The topological polar surface area (TPSA) is 76.0 Å². The predicted molar refractivity (Wildman–Crippen MR) is 121 cm³/mol. The number of sulfone groups is 1. The number of benzene rings is 2. The molecule has 0 bridgehead atoms. The molecule has 4 rings (SSSR count). The van der Waals surface area contributed by atoms with Gasteiger partial charge in [-0.05, 0) is 30.5 Å². The summed E-state index contributed by atoms with van der Waals surface area (Å²) in [5, 5.41) is 0.468. The van der Waals surface area contributed by atoms with Gasteiger partial charge in [0, 0.05) is 23.4 Å². The van der Waals surface area contributed by atoms with Crippen molar-refractivity contribution in [2.24, 2.45) is 4.99 Å². The fraction of sp³-hybridized carbons (Fsp3) is 0.364. The monoisotopic (exact) mass is 444 g/mol. The first kappa shape index (κ1) is 20.9. The third-order valence-corrected chi connectivity index (χ3v) is 8.53. The van der Waals surface area contributed by atoms with Gasteiger partial charge in [-0.2, -0.15) is 4.99 Å². The van der Waals surface area contributed by atoms with Crippen LogP contribution in [0.4, 0.5) is 5.69 Å². The Morgan fingerprint density at radius 3 is 2.73 bits per heavy atom. The van der Waals surface area contributed by atoms with Gasteiger partial charge in [-0.25, -0.2) is 8.42 Å². The summed E-state index contributed by atoms with van der Waals surface area (Å²) < 4.78 is 29.7. The zero-order valence-corrected chi connectivity index (χ0v) is 18.4. The van der Waals surface area contributed by atoms with Crippen LogP contribution < -0.4 is 9.64 Å².